The quantitative estimate of drug-likeness (QED) is 0.494. The summed E-state index contributed by atoms with van der Waals surface area (Å²) in [5.74, 6) is -2.25. The van der Waals surface area contributed by atoms with Gasteiger partial charge in [-0.3, -0.25) is 14.9 Å². The molecule has 0 heterocycles. The number of nitro groups is 1. The summed E-state index contributed by atoms with van der Waals surface area (Å²) in [4.78, 5) is 34.7. The minimum Gasteiger partial charge on any atom is -0.477 e. The van der Waals surface area contributed by atoms with E-state index in [0.29, 0.717) is 5.69 Å². The highest BCUT2D eigenvalue weighted by atomic mass is 32.2. The Morgan fingerprint density at radius 1 is 1.17 bits per heavy atom. The molecule has 0 spiro atoms. The fourth-order valence-electron chi connectivity index (χ4n) is 1.98. The predicted molar refractivity (Wildman–Crippen MR) is 86.2 cm³/mol. The molecule has 0 unspecified atom stereocenters. The lowest BCUT2D eigenvalue weighted by Gasteiger charge is -2.08. The van der Waals surface area contributed by atoms with E-state index >= 15 is 0 Å². The van der Waals surface area contributed by atoms with Crippen LogP contribution >= 0.6 is 11.8 Å². The number of amides is 1. The van der Waals surface area contributed by atoms with E-state index in [2.05, 4.69) is 5.32 Å². The van der Waals surface area contributed by atoms with E-state index in [1.165, 1.54) is 23.9 Å². The van der Waals surface area contributed by atoms with Crippen molar-refractivity contribution in [1.82, 2.24) is 0 Å². The number of anilines is 1. The number of carbonyl (C=O) groups excluding carboxylic acids is 1. The molecule has 0 radical (unpaired) electrons. The number of hydrogen-bond acceptors (Lipinski definition) is 5. The highest BCUT2D eigenvalue weighted by Gasteiger charge is 2.26. The van der Waals surface area contributed by atoms with E-state index < -0.39 is 28.1 Å². The third-order valence-corrected chi connectivity index (χ3v) is 3.79. The number of rotatable bonds is 5. The van der Waals surface area contributed by atoms with Crippen molar-refractivity contribution < 1.29 is 19.6 Å². The van der Waals surface area contributed by atoms with E-state index in [1.807, 2.05) is 6.26 Å². The van der Waals surface area contributed by atoms with Crippen LogP contribution in [0.15, 0.2) is 47.4 Å². The monoisotopic (exact) mass is 332 g/mol. The Hall–Kier alpha value is -2.87. The van der Waals surface area contributed by atoms with Gasteiger partial charge in [0.25, 0.3) is 11.6 Å². The first-order valence-electron chi connectivity index (χ1n) is 6.40. The molecule has 0 saturated carbocycles. The number of benzene rings is 2. The number of carboxylic acids is 1. The molecule has 0 fully saturated rings. The summed E-state index contributed by atoms with van der Waals surface area (Å²) in [6, 6.07) is 10.5. The van der Waals surface area contributed by atoms with Crippen molar-refractivity contribution in [3.63, 3.8) is 0 Å². The molecule has 0 bridgehead atoms. The third kappa shape index (κ3) is 3.67. The van der Waals surface area contributed by atoms with E-state index in [0.717, 1.165) is 11.0 Å². The summed E-state index contributed by atoms with van der Waals surface area (Å²) in [6.07, 6.45) is 1.91. The van der Waals surface area contributed by atoms with Crippen molar-refractivity contribution in [1.29, 1.82) is 0 Å². The topological polar surface area (TPSA) is 110 Å². The Balaban J connectivity index is 2.36. The molecule has 0 saturated heterocycles. The Bertz CT molecular complexity index is 774. The van der Waals surface area contributed by atoms with Gasteiger partial charge in [-0.2, -0.15) is 0 Å². The lowest BCUT2D eigenvalue weighted by Crippen LogP contribution is -2.17. The molecule has 0 aliphatic rings. The van der Waals surface area contributed by atoms with Crippen LogP contribution in [0.25, 0.3) is 0 Å². The molecule has 0 atom stereocenters. The molecule has 2 N–H and O–H groups in total. The number of thioether (sulfide) groups is 1. The van der Waals surface area contributed by atoms with Gasteiger partial charge in [-0.05, 0) is 36.6 Å². The molecular formula is C15H12N2O5S. The highest BCUT2D eigenvalue weighted by molar-refractivity contribution is 7.98. The van der Waals surface area contributed by atoms with Crippen molar-refractivity contribution >= 4 is 35.0 Å². The lowest BCUT2D eigenvalue weighted by atomic mass is 10.0. The van der Waals surface area contributed by atoms with E-state index in [9.17, 15) is 24.8 Å². The fraction of sp³-hybridized carbons (Fsp3) is 0.0667. The van der Waals surface area contributed by atoms with Crippen LogP contribution in [0.1, 0.15) is 20.7 Å². The summed E-state index contributed by atoms with van der Waals surface area (Å²) in [6.45, 7) is 0. The summed E-state index contributed by atoms with van der Waals surface area (Å²) in [7, 11) is 0. The molecule has 118 valence electrons. The highest BCUT2D eigenvalue weighted by Crippen LogP contribution is 2.24. The molecule has 1 amide bonds. The number of hydrogen-bond donors (Lipinski definition) is 2. The van der Waals surface area contributed by atoms with E-state index in [4.69, 9.17) is 0 Å². The summed E-state index contributed by atoms with van der Waals surface area (Å²) >= 11 is 1.54. The van der Waals surface area contributed by atoms with Crippen molar-refractivity contribution in [2.75, 3.05) is 11.6 Å². The molecule has 2 aromatic carbocycles. The number of carbonyl (C=O) groups is 2. The standard InChI is InChI=1S/C15H12N2O5S/c1-23-10-7-5-9(6-8-10)16-14(18)11-3-2-4-12(17(21)22)13(11)15(19)20/h2-8H,1H3,(H,16,18)(H,19,20). The van der Waals surface area contributed by atoms with Gasteiger partial charge in [-0.1, -0.05) is 6.07 Å². The Morgan fingerprint density at radius 3 is 2.35 bits per heavy atom. The normalized spacial score (nSPS) is 10.1. The average molecular weight is 332 g/mol. The second-order valence-electron chi connectivity index (χ2n) is 4.44. The van der Waals surface area contributed by atoms with Gasteiger partial charge in [0, 0.05) is 16.6 Å². The molecule has 0 aliphatic heterocycles. The van der Waals surface area contributed by atoms with Crippen LogP contribution in [0.3, 0.4) is 0 Å². The van der Waals surface area contributed by atoms with Crippen molar-refractivity contribution in [3.8, 4) is 0 Å². The Labute approximate surface area is 135 Å². The molecule has 23 heavy (non-hydrogen) atoms. The zero-order valence-corrected chi connectivity index (χ0v) is 12.8. The van der Waals surface area contributed by atoms with Crippen LogP contribution in [-0.4, -0.2) is 28.2 Å². The lowest BCUT2D eigenvalue weighted by molar-refractivity contribution is -0.385. The van der Waals surface area contributed by atoms with Gasteiger partial charge in [-0.25, -0.2) is 4.79 Å². The third-order valence-electron chi connectivity index (χ3n) is 3.05. The van der Waals surface area contributed by atoms with Gasteiger partial charge in [0.05, 0.1) is 10.5 Å². The van der Waals surface area contributed by atoms with Crippen molar-refractivity contribution in [2.45, 2.75) is 4.90 Å². The molecule has 2 rings (SSSR count). The van der Waals surface area contributed by atoms with Crippen LogP contribution in [-0.2, 0) is 0 Å². The maximum absolute atomic E-state index is 12.3. The summed E-state index contributed by atoms with van der Waals surface area (Å²) in [5, 5.41) is 22.7. The SMILES string of the molecule is CSc1ccc(NC(=O)c2cccc([N+](=O)[O-])c2C(=O)O)cc1. The van der Waals surface area contributed by atoms with Crippen LogP contribution < -0.4 is 5.32 Å². The van der Waals surface area contributed by atoms with Gasteiger partial charge < -0.3 is 10.4 Å². The average Bonchev–Trinajstić information content (AvgIpc) is 2.54. The first-order chi connectivity index (χ1) is 10.9. The maximum atomic E-state index is 12.3. The smallest absolute Gasteiger partial charge is 0.343 e. The Morgan fingerprint density at radius 2 is 1.83 bits per heavy atom. The van der Waals surface area contributed by atoms with Crippen LogP contribution in [0.4, 0.5) is 11.4 Å². The number of nitro benzene ring substituents is 1. The zero-order chi connectivity index (χ0) is 17.0. The number of aromatic carboxylic acids is 1. The fourth-order valence-corrected chi connectivity index (χ4v) is 2.39. The predicted octanol–water partition coefficient (Wildman–Crippen LogP) is 3.27. The molecule has 7 nitrogen and oxygen atoms in total. The Kier molecular flexibility index (Phi) is 4.97. The van der Waals surface area contributed by atoms with Gasteiger partial charge in [0.2, 0.25) is 0 Å². The van der Waals surface area contributed by atoms with Crippen LogP contribution in [0, 0.1) is 10.1 Å². The van der Waals surface area contributed by atoms with Gasteiger partial charge in [-0.15, -0.1) is 11.8 Å². The second-order valence-corrected chi connectivity index (χ2v) is 5.32. The minimum atomic E-state index is -1.53. The summed E-state index contributed by atoms with van der Waals surface area (Å²) < 4.78 is 0. The molecule has 8 heteroatoms. The second kappa shape index (κ2) is 6.93. The number of carboxylic acid groups (broad SMARTS) is 1. The first-order valence-corrected chi connectivity index (χ1v) is 7.62. The summed E-state index contributed by atoms with van der Waals surface area (Å²) in [5.41, 5.74) is -1.05. The first kappa shape index (κ1) is 16.5. The molecule has 2 aromatic rings. The number of nitrogens with one attached hydrogen (secondary N) is 1. The van der Waals surface area contributed by atoms with Crippen molar-refractivity contribution in [3.05, 3.63) is 63.7 Å². The zero-order valence-electron chi connectivity index (χ0n) is 12.0. The van der Waals surface area contributed by atoms with Crippen LogP contribution in [0.5, 0.6) is 0 Å². The molecule has 0 aromatic heterocycles. The number of nitrogens with zero attached hydrogens (tertiary/aromatic N) is 1. The maximum Gasteiger partial charge on any atom is 0.343 e. The van der Waals surface area contributed by atoms with Crippen LogP contribution in [0.2, 0.25) is 0 Å². The van der Waals surface area contributed by atoms with Gasteiger partial charge in [0.1, 0.15) is 5.56 Å². The molecular weight excluding hydrogens is 320 g/mol. The van der Waals surface area contributed by atoms with Gasteiger partial charge >= 0.3 is 5.97 Å². The van der Waals surface area contributed by atoms with Crippen molar-refractivity contribution in [2.24, 2.45) is 0 Å². The van der Waals surface area contributed by atoms with E-state index in [-0.39, 0.29) is 5.56 Å². The van der Waals surface area contributed by atoms with E-state index in [1.54, 1.807) is 24.3 Å². The van der Waals surface area contributed by atoms with Gasteiger partial charge in [0.15, 0.2) is 0 Å². The largest absolute Gasteiger partial charge is 0.477 e. The molecule has 0 aliphatic carbocycles. The minimum absolute atomic E-state index is 0.263.